The van der Waals surface area contributed by atoms with Gasteiger partial charge in [-0.1, -0.05) is 86.2 Å². The molecular formula is C74H88N2O18S4. The maximum Gasteiger partial charge on any atom is 0.350 e. The smallest absolute Gasteiger partial charge is 0.350 e. The number of carbonyl (C=O) groups is 8. The highest BCUT2D eigenvalue weighted by atomic mass is 32.2. The number of hydrogen-bond acceptors (Lipinski definition) is 24. The monoisotopic (exact) mass is 1420 g/mol. The summed E-state index contributed by atoms with van der Waals surface area (Å²) in [4.78, 5) is 104. The van der Waals surface area contributed by atoms with Gasteiger partial charge in [-0.15, -0.1) is 0 Å². The van der Waals surface area contributed by atoms with Crippen LogP contribution in [-0.2, 0) is 76.3 Å². The van der Waals surface area contributed by atoms with Crippen LogP contribution in [0.25, 0.3) is 11.1 Å². The van der Waals surface area contributed by atoms with Crippen LogP contribution in [0, 0.1) is 58.2 Å². The average molecular weight is 1420 g/mol. The van der Waals surface area contributed by atoms with Crippen LogP contribution in [0.2, 0.25) is 0 Å². The minimum absolute atomic E-state index is 0.216. The summed E-state index contributed by atoms with van der Waals surface area (Å²) in [6.07, 6.45) is 26.7. The molecule has 0 atom stereocenters. The van der Waals surface area contributed by atoms with Gasteiger partial charge < -0.3 is 47.4 Å². The molecule has 6 aliphatic rings. The summed E-state index contributed by atoms with van der Waals surface area (Å²) in [7, 11) is 0. The number of unbranched alkanes of at least 4 members (excludes halogenated alkanes) is 6. The lowest BCUT2D eigenvalue weighted by Gasteiger charge is -2.37. The topological polar surface area (TPSA) is 276 Å². The van der Waals surface area contributed by atoms with Gasteiger partial charge in [0.25, 0.3) is 0 Å². The molecule has 0 bridgehead atoms. The molecule has 20 nitrogen and oxygen atoms in total. The number of fused-ring (bicyclic) bond motifs is 2. The Morgan fingerprint density at radius 3 is 1.00 bits per heavy atom. The summed E-state index contributed by atoms with van der Waals surface area (Å²) in [5.41, 5.74) is 0.471. The second-order valence-corrected chi connectivity index (χ2v) is 29.6. The first-order valence-electron chi connectivity index (χ1n) is 34.2. The Labute approximate surface area is 591 Å². The minimum Gasteiger partial charge on any atom is -0.463 e. The maximum atomic E-state index is 14.4. The van der Waals surface area contributed by atoms with Crippen LogP contribution in [0.3, 0.4) is 0 Å². The van der Waals surface area contributed by atoms with Gasteiger partial charge in [0.2, 0.25) is 0 Å². The Hall–Kier alpha value is -7.06. The van der Waals surface area contributed by atoms with E-state index in [0.29, 0.717) is 106 Å². The van der Waals surface area contributed by atoms with Gasteiger partial charge in [0.1, 0.15) is 50.1 Å². The summed E-state index contributed by atoms with van der Waals surface area (Å²) >= 11 is 4.34. The van der Waals surface area contributed by atoms with Crippen molar-refractivity contribution in [3.63, 3.8) is 0 Å². The molecule has 0 aromatic heterocycles. The van der Waals surface area contributed by atoms with Crippen LogP contribution in [-0.4, -0.2) is 113 Å². The van der Waals surface area contributed by atoms with Gasteiger partial charge in [0.05, 0.1) is 55.5 Å². The number of esters is 8. The number of rotatable bonds is 35. The third kappa shape index (κ3) is 22.5. The highest BCUT2D eigenvalue weighted by Crippen LogP contribution is 2.63. The summed E-state index contributed by atoms with van der Waals surface area (Å²) in [5.74, 6) is -3.19. The van der Waals surface area contributed by atoms with Crippen molar-refractivity contribution in [2.45, 2.75) is 186 Å². The van der Waals surface area contributed by atoms with E-state index in [9.17, 15) is 48.9 Å². The van der Waals surface area contributed by atoms with Crippen LogP contribution in [0.5, 0.6) is 11.5 Å². The van der Waals surface area contributed by atoms with Crippen molar-refractivity contribution in [2.75, 3.05) is 52.9 Å². The predicted octanol–water partition coefficient (Wildman–Crippen LogP) is 14.9. The molecule has 2 heterocycles. The molecule has 4 fully saturated rings. The molecule has 4 saturated carbocycles. The number of hydrogen-bond donors (Lipinski definition) is 0. The Balaban J connectivity index is 0.958. The van der Waals surface area contributed by atoms with Gasteiger partial charge in [-0.2, -0.15) is 10.5 Å². The first kappa shape index (κ1) is 76.7. The van der Waals surface area contributed by atoms with E-state index in [-0.39, 0.29) is 81.6 Å². The molecule has 2 aromatic rings. The Kier molecular flexibility index (Phi) is 31.5. The first-order chi connectivity index (χ1) is 47.6. The van der Waals surface area contributed by atoms with Crippen LogP contribution in [0.15, 0.2) is 114 Å². The van der Waals surface area contributed by atoms with E-state index >= 15 is 0 Å². The Morgan fingerprint density at radius 1 is 0.378 bits per heavy atom. The van der Waals surface area contributed by atoms with E-state index in [1.54, 1.807) is 24.3 Å². The minimum atomic E-state index is -0.968. The summed E-state index contributed by atoms with van der Waals surface area (Å²) in [6.45, 7) is 14.6. The zero-order chi connectivity index (χ0) is 69.8. The van der Waals surface area contributed by atoms with Crippen molar-refractivity contribution in [1.29, 1.82) is 10.5 Å². The van der Waals surface area contributed by atoms with Gasteiger partial charge >= 0.3 is 47.8 Å². The van der Waals surface area contributed by atoms with Crippen molar-refractivity contribution >= 4 is 94.8 Å². The maximum absolute atomic E-state index is 14.4. The molecule has 24 heteroatoms. The normalized spacial score (nSPS) is 22.7. The molecule has 98 heavy (non-hydrogen) atoms. The largest absolute Gasteiger partial charge is 0.463 e. The van der Waals surface area contributed by atoms with E-state index in [1.165, 1.54) is 12.2 Å². The Bertz CT molecular complexity index is 3150. The second-order valence-electron chi connectivity index (χ2n) is 25.0. The van der Waals surface area contributed by atoms with E-state index in [4.69, 9.17) is 47.4 Å². The molecule has 0 unspecified atom stereocenters. The molecule has 0 amide bonds. The lowest BCUT2D eigenvalue weighted by Crippen LogP contribution is -2.31. The molecule has 8 rings (SSSR count). The molecule has 0 N–H and O–H groups in total. The quantitative estimate of drug-likeness (QED) is 0.0155. The van der Waals surface area contributed by atoms with Crippen molar-refractivity contribution in [2.24, 2.45) is 35.5 Å². The molecule has 526 valence electrons. The van der Waals surface area contributed by atoms with E-state index < -0.39 is 47.8 Å². The summed E-state index contributed by atoms with van der Waals surface area (Å²) in [5, 5.41) is 21.1. The van der Waals surface area contributed by atoms with Crippen LogP contribution in [0.4, 0.5) is 0 Å². The number of thioether (sulfide) groups is 4. The lowest BCUT2D eigenvalue weighted by molar-refractivity contribution is -0.146. The zero-order valence-corrected chi connectivity index (χ0v) is 58.8. The predicted molar refractivity (Wildman–Crippen MR) is 370 cm³/mol. The molecule has 2 aliphatic heterocycles. The molecule has 0 saturated heterocycles. The van der Waals surface area contributed by atoms with Crippen LogP contribution >= 0.6 is 47.0 Å². The number of benzene rings is 2. The second kappa shape index (κ2) is 40.3. The fourth-order valence-corrected chi connectivity index (χ4v) is 18.7. The highest BCUT2D eigenvalue weighted by molar-refractivity contribution is 8.25. The number of ether oxygens (including phenoxy) is 10. The van der Waals surface area contributed by atoms with Crippen LogP contribution < -0.4 is 9.47 Å². The molecule has 0 spiro atoms. The van der Waals surface area contributed by atoms with Gasteiger partial charge in [0, 0.05) is 47.3 Å². The number of carbonyl (C=O) groups excluding carboxylic acids is 8. The fraction of sp³-hybridized carbons (Fsp3) is 0.541. The third-order valence-corrected chi connectivity index (χ3v) is 24.0. The van der Waals surface area contributed by atoms with E-state index in [2.05, 4.69) is 26.3 Å². The highest BCUT2D eigenvalue weighted by Gasteiger charge is 2.40. The number of nitriles is 2. The van der Waals surface area contributed by atoms with Gasteiger partial charge in [0.15, 0.2) is 11.1 Å². The molecular weight excluding hydrogens is 1330 g/mol. The SMILES string of the molecule is C=CC(=O)OCCCCCCOC1CCC(C2CCC(C(=O)Oc3ccc(-c4ccc(OC(=O)C5CCC(C6CCC(OCCCCCCOC(=O)C=C)CC6)CC5)c5c4S/C(=C(/C#N)C(=O)OCCOC(=O)C=C)S5)c4c3S/C(=C(\C#N)C(=O)OCCOC(=O)C=C)S4)CC2)CC1. The molecule has 0 radical (unpaired) electrons. The summed E-state index contributed by atoms with van der Waals surface area (Å²) < 4.78 is 56.6. The number of nitrogens with zero attached hydrogens (tertiary/aromatic N) is 2. The standard InChI is InChI=1S/C74H88N2O18S4/c1-5-61(77)87-39-15-11-9-13-37-85-53-29-25-49(26-30-53)47-17-21-51(22-18-47)69(81)93-59-35-33-55(65-67(59)97-73(95-65)57(45-75)71(83)91-43-41-89-63(79)7-3)56-34-36-60(68-66(56)96-74(98-68)58(46-76)72(84)92-44-42-90-64(80)8-4)94-70(82)52-23-19-48(20-24-52)50-27-31-54(32-28-50)86-38-14-10-12-16-40-88-62(78)6-2/h5-8,33-36,47-54H,1-4,9-32,37-44H2/b73-57+,74-58+. The van der Waals surface area contributed by atoms with Crippen molar-refractivity contribution in [1.82, 2.24) is 0 Å². The Morgan fingerprint density at radius 2 is 0.673 bits per heavy atom. The molecule has 2 aromatic carbocycles. The van der Waals surface area contributed by atoms with E-state index in [0.717, 1.165) is 188 Å². The molecule has 4 aliphatic carbocycles. The van der Waals surface area contributed by atoms with Crippen LogP contribution in [0.1, 0.15) is 154 Å². The summed E-state index contributed by atoms with van der Waals surface area (Å²) in [6, 6.07) is 10.9. The fourth-order valence-electron chi connectivity index (χ4n) is 13.4. The van der Waals surface area contributed by atoms with Gasteiger partial charge in [-0.05, 0) is 200 Å². The van der Waals surface area contributed by atoms with Crippen molar-refractivity contribution < 1.29 is 85.7 Å². The third-order valence-electron chi connectivity index (χ3n) is 18.7. The zero-order valence-electron chi connectivity index (χ0n) is 55.6. The van der Waals surface area contributed by atoms with Gasteiger partial charge in [-0.25, -0.2) is 28.8 Å². The lowest BCUT2D eigenvalue weighted by atomic mass is 9.70. The van der Waals surface area contributed by atoms with Crippen molar-refractivity contribution in [3.8, 4) is 34.8 Å². The van der Waals surface area contributed by atoms with Crippen molar-refractivity contribution in [3.05, 3.63) is 94.5 Å². The van der Waals surface area contributed by atoms with E-state index in [1.807, 2.05) is 12.1 Å². The average Bonchev–Trinajstić information content (AvgIpc) is 1.56. The van der Waals surface area contributed by atoms with Gasteiger partial charge in [-0.3, -0.25) is 9.59 Å². The first-order valence-corrected chi connectivity index (χ1v) is 37.4.